The number of benzene rings is 4. The van der Waals surface area contributed by atoms with E-state index in [0.29, 0.717) is 22.6 Å². The Balaban J connectivity index is 1.63. The van der Waals surface area contributed by atoms with E-state index in [-0.39, 0.29) is 22.6 Å². The zero-order chi connectivity index (χ0) is 35.9. The number of esters is 4. The van der Waals surface area contributed by atoms with Gasteiger partial charge in [-0.05, 0) is 84.9 Å². The molecular weight excluding hydrogens is 632 g/mol. The second-order valence-electron chi connectivity index (χ2n) is 9.70. The maximum atomic E-state index is 12.3. The van der Waals surface area contributed by atoms with Crippen LogP contribution in [-0.4, -0.2) is 23.9 Å². The Labute approximate surface area is 289 Å². The molecule has 0 amide bonds. The van der Waals surface area contributed by atoms with Crippen LogP contribution in [0.2, 0.25) is 0 Å². The smallest absolute Gasteiger partial charge is 0.335 e. The van der Waals surface area contributed by atoms with Crippen LogP contribution in [0.25, 0.3) is 0 Å². The molecular formula is C42H26O8. The van der Waals surface area contributed by atoms with Gasteiger partial charge in [0.2, 0.25) is 0 Å². The third kappa shape index (κ3) is 10.2. The summed E-state index contributed by atoms with van der Waals surface area (Å²) in [6.45, 7) is 13.6. The molecule has 0 spiro atoms. The van der Waals surface area contributed by atoms with Gasteiger partial charge in [-0.1, -0.05) is 61.8 Å². The molecule has 8 nitrogen and oxygen atoms in total. The Morgan fingerprint density at radius 1 is 0.380 bits per heavy atom. The van der Waals surface area contributed by atoms with Crippen molar-refractivity contribution in [3.63, 3.8) is 0 Å². The van der Waals surface area contributed by atoms with Crippen LogP contribution in [0.3, 0.4) is 0 Å². The van der Waals surface area contributed by atoms with Gasteiger partial charge in [0.25, 0.3) is 0 Å². The molecule has 0 aliphatic carbocycles. The second-order valence-corrected chi connectivity index (χ2v) is 9.70. The maximum absolute atomic E-state index is 12.3. The fraction of sp³-hybridized carbons (Fsp3) is 0. The van der Waals surface area contributed by atoms with Crippen molar-refractivity contribution >= 4 is 23.9 Å². The normalized spacial score (nSPS) is 9.36. The van der Waals surface area contributed by atoms with E-state index in [0.717, 1.165) is 35.4 Å². The number of ether oxygens (including phenoxy) is 4. The van der Waals surface area contributed by atoms with Gasteiger partial charge in [-0.25, -0.2) is 19.2 Å². The summed E-state index contributed by atoms with van der Waals surface area (Å²) in [6.07, 6.45) is 4.05. The Bertz CT molecular complexity index is 2190. The zero-order valence-electron chi connectivity index (χ0n) is 26.5. The van der Waals surface area contributed by atoms with Crippen LogP contribution in [0, 0.1) is 35.5 Å². The molecule has 0 heterocycles. The monoisotopic (exact) mass is 658 g/mol. The van der Waals surface area contributed by atoms with Gasteiger partial charge in [0.1, 0.15) is 11.5 Å². The minimum Gasteiger partial charge on any atom is -0.423 e. The fourth-order valence-electron chi connectivity index (χ4n) is 3.84. The van der Waals surface area contributed by atoms with Gasteiger partial charge in [-0.3, -0.25) is 0 Å². The first-order valence-electron chi connectivity index (χ1n) is 14.6. The highest BCUT2D eigenvalue weighted by Gasteiger charge is 2.19. The molecule has 0 bridgehead atoms. The Hall–Kier alpha value is -7.60. The highest BCUT2D eigenvalue weighted by molar-refractivity contribution is 5.88. The van der Waals surface area contributed by atoms with Crippen molar-refractivity contribution in [2.75, 3.05) is 0 Å². The molecule has 0 saturated carbocycles. The van der Waals surface area contributed by atoms with Crippen molar-refractivity contribution in [2.24, 2.45) is 0 Å². The summed E-state index contributed by atoms with van der Waals surface area (Å²) in [6, 6.07) is 23.4. The molecule has 0 unspecified atom stereocenters. The molecule has 0 N–H and O–H groups in total. The molecule has 8 heteroatoms. The van der Waals surface area contributed by atoms with Crippen molar-refractivity contribution in [2.45, 2.75) is 0 Å². The van der Waals surface area contributed by atoms with Gasteiger partial charge < -0.3 is 18.9 Å². The minimum atomic E-state index is -0.814. The van der Waals surface area contributed by atoms with Crippen molar-refractivity contribution in [1.29, 1.82) is 0 Å². The first-order chi connectivity index (χ1) is 24.2. The fourth-order valence-corrected chi connectivity index (χ4v) is 3.84. The van der Waals surface area contributed by atoms with Crippen LogP contribution >= 0.6 is 0 Å². The van der Waals surface area contributed by atoms with Gasteiger partial charge >= 0.3 is 23.9 Å². The van der Waals surface area contributed by atoms with Crippen LogP contribution in [0.15, 0.2) is 136 Å². The maximum Gasteiger partial charge on any atom is 0.335 e. The van der Waals surface area contributed by atoms with Crippen LogP contribution in [-0.2, 0) is 19.2 Å². The van der Waals surface area contributed by atoms with Crippen LogP contribution < -0.4 is 18.9 Å². The molecule has 50 heavy (non-hydrogen) atoms. The summed E-state index contributed by atoms with van der Waals surface area (Å²) in [7, 11) is 0. The predicted octanol–water partition coefficient (Wildman–Crippen LogP) is 6.25. The number of hydrogen-bond donors (Lipinski definition) is 0. The van der Waals surface area contributed by atoms with Gasteiger partial charge in [-0.2, -0.15) is 0 Å². The van der Waals surface area contributed by atoms with Crippen molar-refractivity contribution < 1.29 is 38.1 Å². The van der Waals surface area contributed by atoms with E-state index in [1.165, 1.54) is 0 Å². The standard InChI is InChI=1S/C42H26O8/c1-5-37(43)47-35-25-17-31(18-26-35)14-11-29-9-12-30(13-10-29)15-21-33-23-24-34(42(50-40(46)8-4)41(33)49-39(45)7-3)22-16-32-19-27-36(28-20-32)48-38(44)6-2/h5-10,12-13,17-20,23-28H,1-4H2. The summed E-state index contributed by atoms with van der Waals surface area (Å²) in [5, 5.41) is 0. The first-order valence-corrected chi connectivity index (χ1v) is 14.6. The van der Waals surface area contributed by atoms with E-state index < -0.39 is 23.9 Å². The van der Waals surface area contributed by atoms with E-state index in [1.807, 2.05) is 0 Å². The summed E-state index contributed by atoms with van der Waals surface area (Å²) >= 11 is 0. The molecule has 242 valence electrons. The minimum absolute atomic E-state index is 0.135. The molecule has 0 aliphatic heterocycles. The third-order valence-electron chi connectivity index (χ3n) is 6.25. The summed E-state index contributed by atoms with van der Waals surface area (Å²) in [4.78, 5) is 47.5. The highest BCUT2D eigenvalue weighted by atomic mass is 16.6. The zero-order valence-corrected chi connectivity index (χ0v) is 26.5. The lowest BCUT2D eigenvalue weighted by Crippen LogP contribution is -2.11. The van der Waals surface area contributed by atoms with Crippen molar-refractivity contribution in [3.05, 3.63) is 169 Å². The number of rotatable bonds is 8. The van der Waals surface area contributed by atoms with Gasteiger partial charge in [0, 0.05) is 46.6 Å². The number of hydrogen-bond acceptors (Lipinski definition) is 8. The van der Waals surface area contributed by atoms with Crippen LogP contribution in [0.1, 0.15) is 33.4 Å². The quantitative estimate of drug-likeness (QED) is 0.0947. The van der Waals surface area contributed by atoms with Gasteiger partial charge in [0.15, 0.2) is 11.5 Å². The lowest BCUT2D eigenvalue weighted by atomic mass is 10.1. The van der Waals surface area contributed by atoms with Crippen molar-refractivity contribution in [3.8, 4) is 58.5 Å². The van der Waals surface area contributed by atoms with E-state index >= 15 is 0 Å². The lowest BCUT2D eigenvalue weighted by molar-refractivity contribution is -0.131. The summed E-state index contributed by atoms with van der Waals surface area (Å²) < 4.78 is 21.1. The van der Waals surface area contributed by atoms with Gasteiger partial charge in [-0.15, -0.1) is 0 Å². The molecule has 0 fully saturated rings. The Morgan fingerprint density at radius 2 is 0.640 bits per heavy atom. The Kier molecular flexibility index (Phi) is 12.2. The molecule has 0 aliphatic rings. The predicted molar refractivity (Wildman–Crippen MR) is 187 cm³/mol. The highest BCUT2D eigenvalue weighted by Crippen LogP contribution is 2.35. The van der Waals surface area contributed by atoms with Crippen LogP contribution in [0.5, 0.6) is 23.0 Å². The average Bonchev–Trinajstić information content (AvgIpc) is 3.14. The molecule has 0 saturated heterocycles. The SMILES string of the molecule is C=CC(=O)Oc1ccc(C#Cc2ccc(C#Cc3ccc(C#Cc4ccc(OC(=O)C=C)cc4)c(OC(=O)C=C)c3OC(=O)C=C)cc2)cc1. The largest absolute Gasteiger partial charge is 0.423 e. The van der Waals surface area contributed by atoms with Crippen molar-refractivity contribution in [1.82, 2.24) is 0 Å². The lowest BCUT2D eigenvalue weighted by Gasteiger charge is -2.12. The molecule has 4 aromatic carbocycles. The molecule has 0 atom stereocenters. The van der Waals surface area contributed by atoms with E-state index in [4.69, 9.17) is 18.9 Å². The first kappa shape index (κ1) is 35.3. The molecule has 0 aromatic heterocycles. The topological polar surface area (TPSA) is 105 Å². The molecule has 4 rings (SSSR count). The molecule has 0 radical (unpaired) electrons. The molecule has 4 aromatic rings. The van der Waals surface area contributed by atoms with Gasteiger partial charge in [0.05, 0.1) is 11.1 Å². The van der Waals surface area contributed by atoms with E-state index in [9.17, 15) is 19.2 Å². The third-order valence-corrected chi connectivity index (χ3v) is 6.25. The second kappa shape index (κ2) is 17.4. The average molecular weight is 659 g/mol. The van der Waals surface area contributed by atoms with Crippen LogP contribution in [0.4, 0.5) is 0 Å². The Morgan fingerprint density at radius 3 is 0.940 bits per heavy atom. The number of carbonyl (C=O) groups is 4. The van der Waals surface area contributed by atoms with E-state index in [1.54, 1.807) is 84.9 Å². The summed E-state index contributed by atoms with van der Waals surface area (Å²) in [5.74, 6) is 15.6. The number of carbonyl (C=O) groups excluding carboxylic acids is 4. The summed E-state index contributed by atoms with van der Waals surface area (Å²) in [5.41, 5.74) is 3.08. The van der Waals surface area contributed by atoms with E-state index in [2.05, 4.69) is 61.8 Å².